The van der Waals surface area contributed by atoms with Crippen LogP contribution in [0.2, 0.25) is 0 Å². The number of nitrogens with two attached hydrogens (primary N) is 1. The van der Waals surface area contributed by atoms with Crippen molar-refractivity contribution in [1.82, 2.24) is 0 Å². The van der Waals surface area contributed by atoms with Crippen LogP contribution in [0.1, 0.15) is 0 Å². The quantitative estimate of drug-likeness (QED) is 0.455. The van der Waals surface area contributed by atoms with E-state index in [2.05, 4.69) is 0 Å². The summed E-state index contributed by atoms with van der Waals surface area (Å²) >= 11 is 0. The van der Waals surface area contributed by atoms with Gasteiger partial charge < -0.3 is 14.9 Å². The van der Waals surface area contributed by atoms with Gasteiger partial charge in [0.1, 0.15) is 5.76 Å². The Bertz CT molecular complexity index is 212. The average Bonchev–Trinajstić information content (AvgIpc) is 2.00. The van der Waals surface area contributed by atoms with E-state index in [0.29, 0.717) is 0 Å². The van der Waals surface area contributed by atoms with Crippen molar-refractivity contribution in [2.24, 2.45) is 5.73 Å². The van der Waals surface area contributed by atoms with Gasteiger partial charge in [-0.1, -0.05) is 6.08 Å². The molecule has 0 fully saturated rings. The van der Waals surface area contributed by atoms with Crippen LogP contribution in [0.15, 0.2) is 24.0 Å². The van der Waals surface area contributed by atoms with E-state index < -0.39 is 11.8 Å². The van der Waals surface area contributed by atoms with E-state index in [1.807, 2.05) is 0 Å². The van der Waals surface area contributed by atoms with Gasteiger partial charge in [-0.2, -0.15) is 0 Å². The van der Waals surface area contributed by atoms with Crippen LogP contribution in [0.3, 0.4) is 0 Å². The third kappa shape index (κ3) is 1.28. The van der Waals surface area contributed by atoms with Crippen molar-refractivity contribution in [2.75, 3.05) is 7.11 Å². The highest BCUT2D eigenvalue weighted by Crippen LogP contribution is 2.19. The molecule has 0 radical (unpaired) electrons. The minimum Gasteiger partial charge on any atom is -0.509 e. The van der Waals surface area contributed by atoms with Gasteiger partial charge in [-0.05, 0) is 12.2 Å². The molecular weight excluding hydrogens is 146 g/mol. The molecule has 62 valence electrons. The summed E-state index contributed by atoms with van der Waals surface area (Å²) in [5, 5.41) is 18.3. The number of rotatable bonds is 1. The van der Waals surface area contributed by atoms with Gasteiger partial charge in [0, 0.05) is 7.11 Å². The molecule has 0 bridgehead atoms. The van der Waals surface area contributed by atoms with E-state index in [9.17, 15) is 5.11 Å². The third-order valence-corrected chi connectivity index (χ3v) is 1.68. The molecule has 11 heavy (non-hydrogen) atoms. The van der Waals surface area contributed by atoms with Crippen LogP contribution in [-0.2, 0) is 4.74 Å². The molecule has 0 aromatic heterocycles. The van der Waals surface area contributed by atoms with E-state index in [4.69, 9.17) is 15.6 Å². The zero-order chi connectivity index (χ0) is 8.48. The Hall–Kier alpha value is -0.840. The van der Waals surface area contributed by atoms with E-state index in [0.717, 1.165) is 0 Å². The van der Waals surface area contributed by atoms with Gasteiger partial charge in [-0.3, -0.25) is 5.73 Å². The summed E-state index contributed by atoms with van der Waals surface area (Å²) in [4.78, 5) is 0. The summed E-state index contributed by atoms with van der Waals surface area (Å²) in [6, 6.07) is 0. The van der Waals surface area contributed by atoms with E-state index in [-0.39, 0.29) is 5.76 Å². The standard InChI is InChI=1S/C7H11NO3/c1-11-7(8)4-2-3-5(9)6(7)10/h2-4,6,9-10H,8H2,1H3. The highest BCUT2D eigenvalue weighted by molar-refractivity contribution is 5.24. The summed E-state index contributed by atoms with van der Waals surface area (Å²) in [6.45, 7) is 0. The first-order valence-electron chi connectivity index (χ1n) is 3.20. The fraction of sp³-hybridized carbons (Fsp3) is 0.429. The second-order valence-electron chi connectivity index (χ2n) is 2.41. The highest BCUT2D eigenvalue weighted by Gasteiger charge is 2.35. The van der Waals surface area contributed by atoms with Crippen molar-refractivity contribution in [3.8, 4) is 0 Å². The normalized spacial score (nSPS) is 37.0. The summed E-state index contributed by atoms with van der Waals surface area (Å²) in [5.41, 5.74) is 4.24. The maximum Gasteiger partial charge on any atom is 0.169 e. The Balaban J connectivity index is 2.88. The first kappa shape index (κ1) is 8.26. The maximum atomic E-state index is 9.28. The van der Waals surface area contributed by atoms with Crippen LogP contribution in [0.25, 0.3) is 0 Å². The fourth-order valence-electron chi connectivity index (χ4n) is 0.890. The van der Waals surface area contributed by atoms with Crippen LogP contribution in [0.4, 0.5) is 0 Å². The lowest BCUT2D eigenvalue weighted by Gasteiger charge is -2.31. The average molecular weight is 157 g/mol. The number of aliphatic hydroxyl groups is 2. The molecule has 1 aliphatic rings. The van der Waals surface area contributed by atoms with Gasteiger partial charge in [-0.15, -0.1) is 0 Å². The second kappa shape index (κ2) is 2.65. The molecule has 0 aliphatic heterocycles. The van der Waals surface area contributed by atoms with E-state index in [1.165, 1.54) is 25.3 Å². The van der Waals surface area contributed by atoms with Crippen molar-refractivity contribution < 1.29 is 14.9 Å². The lowest BCUT2D eigenvalue weighted by atomic mass is 10.0. The minimum absolute atomic E-state index is 0.183. The van der Waals surface area contributed by atoms with Gasteiger partial charge in [0.2, 0.25) is 0 Å². The number of ether oxygens (including phenoxy) is 1. The predicted octanol–water partition coefficient (Wildman–Crippen LogP) is -0.340. The van der Waals surface area contributed by atoms with Gasteiger partial charge in [0.25, 0.3) is 0 Å². The highest BCUT2D eigenvalue weighted by atomic mass is 16.5. The molecule has 4 nitrogen and oxygen atoms in total. The van der Waals surface area contributed by atoms with Crippen molar-refractivity contribution >= 4 is 0 Å². The van der Waals surface area contributed by atoms with Gasteiger partial charge in [0.05, 0.1) is 0 Å². The summed E-state index contributed by atoms with van der Waals surface area (Å²) < 4.78 is 4.80. The minimum atomic E-state index is -1.29. The summed E-state index contributed by atoms with van der Waals surface area (Å²) in [6.07, 6.45) is 3.20. The predicted molar refractivity (Wildman–Crippen MR) is 39.8 cm³/mol. The lowest BCUT2D eigenvalue weighted by Crippen LogP contribution is -2.52. The zero-order valence-electron chi connectivity index (χ0n) is 6.19. The number of hydrogen-bond acceptors (Lipinski definition) is 4. The van der Waals surface area contributed by atoms with Gasteiger partial charge in [-0.25, -0.2) is 0 Å². The molecule has 0 amide bonds. The molecule has 0 saturated carbocycles. The summed E-state index contributed by atoms with van der Waals surface area (Å²) in [5.74, 6) is -0.183. The molecule has 2 unspecified atom stereocenters. The molecule has 1 aliphatic carbocycles. The first-order valence-corrected chi connectivity index (χ1v) is 3.20. The van der Waals surface area contributed by atoms with Gasteiger partial charge >= 0.3 is 0 Å². The Morgan fingerprint density at radius 3 is 2.82 bits per heavy atom. The van der Waals surface area contributed by atoms with Crippen molar-refractivity contribution in [3.05, 3.63) is 24.0 Å². The number of allylic oxidation sites excluding steroid dienone is 2. The summed E-state index contributed by atoms with van der Waals surface area (Å²) in [7, 11) is 1.37. The largest absolute Gasteiger partial charge is 0.509 e. The SMILES string of the molecule is COC1(N)C=CC=C(O)C1O. The Morgan fingerprint density at radius 1 is 1.73 bits per heavy atom. The first-order chi connectivity index (χ1) is 5.10. The van der Waals surface area contributed by atoms with Crippen LogP contribution in [0.5, 0.6) is 0 Å². The molecule has 4 N–H and O–H groups in total. The molecule has 4 heteroatoms. The van der Waals surface area contributed by atoms with Crippen LogP contribution in [-0.4, -0.2) is 29.2 Å². The molecule has 0 heterocycles. The smallest absolute Gasteiger partial charge is 0.169 e. The van der Waals surface area contributed by atoms with Crippen LogP contribution in [0, 0.1) is 0 Å². The van der Waals surface area contributed by atoms with E-state index in [1.54, 1.807) is 0 Å². The molecule has 0 aromatic rings. The Kier molecular flexibility index (Phi) is 1.99. The van der Waals surface area contributed by atoms with Crippen molar-refractivity contribution in [1.29, 1.82) is 0 Å². The second-order valence-corrected chi connectivity index (χ2v) is 2.41. The van der Waals surface area contributed by atoms with Crippen LogP contribution >= 0.6 is 0 Å². The van der Waals surface area contributed by atoms with Gasteiger partial charge in [0.15, 0.2) is 11.8 Å². The maximum absolute atomic E-state index is 9.28. The number of aliphatic hydroxyl groups excluding tert-OH is 2. The third-order valence-electron chi connectivity index (χ3n) is 1.68. The Morgan fingerprint density at radius 2 is 2.36 bits per heavy atom. The number of methoxy groups -OCH3 is 1. The topological polar surface area (TPSA) is 75.7 Å². The lowest BCUT2D eigenvalue weighted by molar-refractivity contribution is -0.0642. The Labute approximate surface area is 64.6 Å². The zero-order valence-corrected chi connectivity index (χ0v) is 6.19. The van der Waals surface area contributed by atoms with Crippen molar-refractivity contribution in [2.45, 2.75) is 11.8 Å². The molecule has 2 atom stereocenters. The van der Waals surface area contributed by atoms with Crippen molar-refractivity contribution in [3.63, 3.8) is 0 Å². The molecule has 1 rings (SSSR count). The molecule has 0 spiro atoms. The molecule has 0 aromatic carbocycles. The van der Waals surface area contributed by atoms with Crippen LogP contribution < -0.4 is 5.73 Å². The molecule has 0 saturated heterocycles. The monoisotopic (exact) mass is 157 g/mol. The number of hydrogen-bond donors (Lipinski definition) is 3. The fourth-order valence-corrected chi connectivity index (χ4v) is 0.890. The molecular formula is C7H11NO3. The van der Waals surface area contributed by atoms with E-state index >= 15 is 0 Å².